The number of nitrogens with zero attached hydrogens (tertiary/aromatic N) is 5. The summed E-state index contributed by atoms with van der Waals surface area (Å²) in [6, 6.07) is 32.2. The normalized spacial score (nSPS) is 32.1. The van der Waals surface area contributed by atoms with E-state index in [-0.39, 0.29) is 63.6 Å². The van der Waals surface area contributed by atoms with E-state index in [1.807, 2.05) is 36.4 Å². The van der Waals surface area contributed by atoms with Crippen LogP contribution >= 0.6 is 0 Å². The Morgan fingerprint density at radius 2 is 0.670 bits per heavy atom. The molecule has 1 aromatic heterocycles. The molecule has 2 heterocycles. The number of aromatic nitrogens is 2. The Balaban J connectivity index is 0.000000393. The Bertz CT molecular complexity index is 3230. The second kappa shape index (κ2) is 24.2. The van der Waals surface area contributed by atoms with Crippen LogP contribution in [0.3, 0.4) is 0 Å². The molecule has 19 rings (SSSR count). The third kappa shape index (κ3) is 12.5. The van der Waals surface area contributed by atoms with Gasteiger partial charge in [0.25, 0.3) is 0 Å². The summed E-state index contributed by atoms with van der Waals surface area (Å²) in [6.45, 7) is 27.9. The van der Waals surface area contributed by atoms with Crippen molar-refractivity contribution in [2.45, 2.75) is 230 Å². The van der Waals surface area contributed by atoms with E-state index in [1.165, 1.54) is 132 Å². The van der Waals surface area contributed by atoms with Gasteiger partial charge in [0, 0.05) is 64.4 Å². The van der Waals surface area contributed by atoms with Gasteiger partial charge in [-0.2, -0.15) is 0 Å². The molecule has 0 unspecified atom stereocenters. The van der Waals surface area contributed by atoms with E-state index in [2.05, 4.69) is 142 Å². The van der Waals surface area contributed by atoms with Gasteiger partial charge in [0.05, 0.1) is 0 Å². The topological polar surface area (TPSA) is 106 Å². The Morgan fingerprint density at radius 3 is 0.956 bits per heavy atom. The molecule has 9 heteroatoms. The van der Waals surface area contributed by atoms with E-state index in [1.54, 1.807) is 0 Å². The fourth-order valence-corrected chi connectivity index (χ4v) is 22.3. The van der Waals surface area contributed by atoms with Crippen molar-refractivity contribution in [2.75, 3.05) is 39.3 Å². The average molecular weight is 1450 g/mol. The van der Waals surface area contributed by atoms with Crippen molar-refractivity contribution < 1.29 is 46.4 Å². The summed E-state index contributed by atoms with van der Waals surface area (Å²) in [4.78, 5) is 7.77. The standard InChI is InChI=1S/C69H99N3O3.C13H9N2.U/c1-64(2,3)55-25-52(61(73)58(28-55)67-31-43-16-44(32-67)18-45(17-43)33-67)40-70-10-12-71(41-53-26-56(65(4,5)6)29-59(62(53)74)68-34-46-19-47(35-68)21-48(20-46)36-68)14-15-72(13-11-70)42-54-27-57(66(7,8)9)30-60(63(54)75)69-37-49-22-50(38-69)24-51(23-49)39-69;1-2-6-10(7-3-1)13-11-8-4-5-9-12(11)14-15-13;/h25-30,43-51,73-75H,10-24,31-42H2,1-9H3;1-9H;/q;-1;+4/p-3. The van der Waals surface area contributed by atoms with Gasteiger partial charge in [-0.15, -0.1) is 22.9 Å². The van der Waals surface area contributed by atoms with E-state index in [0.717, 1.165) is 148 Å². The maximum absolute atomic E-state index is 15.4. The molecule has 0 amide bonds. The van der Waals surface area contributed by atoms with Gasteiger partial charge in [0.15, 0.2) is 0 Å². The predicted octanol–water partition coefficient (Wildman–Crippen LogP) is 15.9. The summed E-state index contributed by atoms with van der Waals surface area (Å²) in [6.07, 6.45) is 23.1. The number of benzene rings is 5. The Hall–Kier alpha value is -4.10. The van der Waals surface area contributed by atoms with Crippen LogP contribution in [0.1, 0.15) is 228 Å². The summed E-state index contributed by atoms with van der Waals surface area (Å²) in [5.74, 6) is 7.93. The Labute approximate surface area is 570 Å². The van der Waals surface area contributed by atoms with Gasteiger partial charge in [-0.05, 0) is 268 Å². The molecule has 1 saturated heterocycles. The molecule has 12 aliphatic carbocycles. The van der Waals surface area contributed by atoms with Crippen LogP contribution in [0.25, 0.3) is 22.2 Å². The van der Waals surface area contributed by atoms with Gasteiger partial charge in [-0.1, -0.05) is 147 Å². The molecule has 0 N–H and O–H groups in total. The minimum Gasteiger partial charge on any atom is -0.872 e. The second-order valence-corrected chi connectivity index (χ2v) is 35.6. The monoisotopic (exact) mass is 1450 g/mol. The molecular weight excluding hydrogens is 1340 g/mol. The first-order valence-corrected chi connectivity index (χ1v) is 36.1. The number of fused-ring (bicyclic) bond motifs is 1. The second-order valence-electron chi connectivity index (χ2n) is 35.6. The van der Waals surface area contributed by atoms with E-state index < -0.39 is 0 Å². The number of hydrogen-bond acceptors (Lipinski definition) is 7. The summed E-state index contributed by atoms with van der Waals surface area (Å²) in [5.41, 5.74) is 13.2. The maximum atomic E-state index is 15.4. The Morgan fingerprint density at radius 1 is 0.396 bits per heavy atom. The van der Waals surface area contributed by atoms with Crippen molar-refractivity contribution in [1.82, 2.24) is 24.9 Å². The first-order chi connectivity index (χ1) is 42.9. The summed E-state index contributed by atoms with van der Waals surface area (Å²) < 4.78 is 0. The fraction of sp³-hybridized carbons (Fsp3) is 0.622. The number of rotatable bonds is 10. The quantitative estimate of drug-likeness (QED) is 0.134. The Kier molecular flexibility index (Phi) is 17.1. The smallest absolute Gasteiger partial charge is 0.872 e. The minimum absolute atomic E-state index is 0. The van der Waals surface area contributed by atoms with Gasteiger partial charge < -0.3 is 25.5 Å². The van der Waals surface area contributed by atoms with Gasteiger partial charge in [0.1, 0.15) is 0 Å². The third-order valence-electron chi connectivity index (χ3n) is 25.8. The van der Waals surface area contributed by atoms with Gasteiger partial charge in [-0.3, -0.25) is 14.7 Å². The third-order valence-corrected chi connectivity index (χ3v) is 25.8. The van der Waals surface area contributed by atoms with Crippen LogP contribution in [0, 0.1) is 84.4 Å². The van der Waals surface area contributed by atoms with E-state index in [9.17, 15) is 0 Å². The molecule has 1 aliphatic heterocycles. The molecule has 8 nitrogen and oxygen atoms in total. The molecule has 12 saturated carbocycles. The zero-order valence-corrected chi connectivity index (χ0v) is 61.1. The van der Waals surface area contributed by atoms with Gasteiger partial charge in [0.2, 0.25) is 0 Å². The van der Waals surface area contributed by atoms with Crippen LogP contribution in [0.15, 0.2) is 91.0 Å². The molecular formula is C82H105N5O3U. The molecule has 91 heavy (non-hydrogen) atoms. The molecule has 6 aromatic rings. The van der Waals surface area contributed by atoms with Crippen LogP contribution in [-0.4, -0.2) is 59.1 Å². The molecule has 5 aromatic carbocycles. The largest absolute Gasteiger partial charge is 4.00 e. The average Bonchev–Trinajstić information content (AvgIpc) is 0.864. The van der Waals surface area contributed by atoms with Crippen molar-refractivity contribution in [2.24, 2.45) is 53.3 Å². The van der Waals surface area contributed by atoms with Crippen molar-refractivity contribution in [3.05, 3.63) is 141 Å². The van der Waals surface area contributed by atoms with Crippen LogP contribution in [-0.2, 0) is 52.1 Å². The van der Waals surface area contributed by atoms with Gasteiger partial charge in [-0.25, -0.2) is 0 Å². The molecule has 13 aliphatic rings. The van der Waals surface area contributed by atoms with Gasteiger partial charge >= 0.3 is 31.1 Å². The van der Waals surface area contributed by atoms with Crippen LogP contribution in [0.4, 0.5) is 0 Å². The number of hydrogen-bond donors (Lipinski definition) is 0. The summed E-state index contributed by atoms with van der Waals surface area (Å²) in [7, 11) is 0. The van der Waals surface area contributed by atoms with E-state index >= 15 is 15.3 Å². The maximum Gasteiger partial charge on any atom is 4.00 e. The summed E-state index contributed by atoms with van der Waals surface area (Å²) in [5, 5.41) is 55.6. The minimum atomic E-state index is -0.0693. The van der Waals surface area contributed by atoms with Crippen LogP contribution < -0.4 is 20.4 Å². The van der Waals surface area contributed by atoms with Crippen molar-refractivity contribution in [1.29, 1.82) is 0 Å². The van der Waals surface area contributed by atoms with E-state index in [4.69, 9.17) is 0 Å². The zero-order valence-electron chi connectivity index (χ0n) is 56.9. The molecule has 13 fully saturated rings. The van der Waals surface area contributed by atoms with Crippen LogP contribution in [0.2, 0.25) is 0 Å². The molecule has 0 spiro atoms. The SMILES string of the molecule is CC(C)(C)c1cc(CN2CCN(Cc3cc(C(C)(C)C)cc(C45CC6CC(CC(C6)C4)C5)c3[O-])CCN(Cc3cc(C(C)(C)C)cc(C45CC6CC(CC(C6)C4)C5)c3[O-])CC2)c([O-])c(C23CC4CC(CC(C4)C2)C3)c1.[U+4].c1ccc(-c2[n-]nc3ccccc23)cc1. The first kappa shape index (κ1) is 64.3. The first-order valence-electron chi connectivity index (χ1n) is 36.1. The van der Waals surface area contributed by atoms with Crippen molar-refractivity contribution >= 4 is 10.9 Å². The molecule has 480 valence electrons. The van der Waals surface area contributed by atoms with Crippen molar-refractivity contribution in [3.8, 4) is 28.5 Å². The zero-order chi connectivity index (χ0) is 62.3. The van der Waals surface area contributed by atoms with E-state index in [0.29, 0.717) is 36.9 Å². The molecule has 0 radical (unpaired) electrons. The molecule has 0 atom stereocenters. The van der Waals surface area contributed by atoms with Crippen molar-refractivity contribution in [3.63, 3.8) is 0 Å². The summed E-state index contributed by atoms with van der Waals surface area (Å²) >= 11 is 0. The van der Waals surface area contributed by atoms with Crippen LogP contribution in [0.5, 0.6) is 17.2 Å². The molecule has 12 bridgehead atoms. The fourth-order valence-electron chi connectivity index (χ4n) is 22.3. The predicted molar refractivity (Wildman–Crippen MR) is 360 cm³/mol.